The minimum atomic E-state index is -0.343. The first-order valence-electron chi connectivity index (χ1n) is 8.94. The lowest BCUT2D eigenvalue weighted by Crippen LogP contribution is -2.30. The molecule has 1 aliphatic heterocycles. The van der Waals surface area contributed by atoms with Gasteiger partial charge in [0.05, 0.1) is 6.54 Å². The van der Waals surface area contributed by atoms with Gasteiger partial charge in [-0.15, -0.1) is 0 Å². The molecule has 0 aliphatic carbocycles. The van der Waals surface area contributed by atoms with Crippen molar-refractivity contribution < 1.29 is 14.3 Å². The van der Waals surface area contributed by atoms with Crippen molar-refractivity contribution in [2.24, 2.45) is 5.92 Å². The molecular formula is C21H24N2O3. The molecule has 26 heavy (non-hydrogen) atoms. The summed E-state index contributed by atoms with van der Waals surface area (Å²) >= 11 is 0. The molecule has 5 heteroatoms. The summed E-state index contributed by atoms with van der Waals surface area (Å²) in [5.74, 6) is 0.571. The Morgan fingerprint density at radius 3 is 2.38 bits per heavy atom. The second kappa shape index (κ2) is 8.04. The van der Waals surface area contributed by atoms with Gasteiger partial charge in [0.1, 0.15) is 6.61 Å². The highest BCUT2D eigenvalue weighted by Gasteiger charge is 2.23. The molecule has 1 saturated heterocycles. The Labute approximate surface area is 154 Å². The average Bonchev–Trinajstić information content (AvgIpc) is 3.08. The molecule has 2 amide bonds. The highest BCUT2D eigenvalue weighted by molar-refractivity contribution is 5.95. The molecule has 0 radical (unpaired) electrons. The van der Waals surface area contributed by atoms with Gasteiger partial charge in [0.25, 0.3) is 5.91 Å². The van der Waals surface area contributed by atoms with Crippen LogP contribution in [-0.4, -0.2) is 31.7 Å². The summed E-state index contributed by atoms with van der Waals surface area (Å²) in [4.78, 5) is 25.6. The van der Waals surface area contributed by atoms with Crippen LogP contribution in [0.15, 0.2) is 54.6 Å². The zero-order chi connectivity index (χ0) is 18.5. The van der Waals surface area contributed by atoms with Crippen LogP contribution in [0.2, 0.25) is 0 Å². The SMILES string of the molecule is CC(C)C(CNC(=O)c1ccc(N2CCOC2=O)cc1)c1ccccc1. The topological polar surface area (TPSA) is 58.6 Å². The summed E-state index contributed by atoms with van der Waals surface area (Å²) in [5.41, 5.74) is 2.55. The van der Waals surface area contributed by atoms with Crippen molar-refractivity contribution in [1.29, 1.82) is 0 Å². The minimum absolute atomic E-state index is 0.109. The number of amides is 2. The van der Waals surface area contributed by atoms with E-state index in [0.29, 0.717) is 31.2 Å². The number of cyclic esters (lactones) is 1. The van der Waals surface area contributed by atoms with E-state index in [1.807, 2.05) is 18.2 Å². The van der Waals surface area contributed by atoms with Crippen LogP contribution in [0.4, 0.5) is 10.5 Å². The van der Waals surface area contributed by atoms with E-state index in [0.717, 1.165) is 5.69 Å². The molecule has 2 aromatic rings. The van der Waals surface area contributed by atoms with E-state index in [4.69, 9.17) is 4.74 Å². The third kappa shape index (κ3) is 4.04. The molecule has 1 N–H and O–H groups in total. The third-order valence-corrected chi connectivity index (χ3v) is 4.72. The molecule has 0 bridgehead atoms. The fraction of sp³-hybridized carbons (Fsp3) is 0.333. The molecule has 0 saturated carbocycles. The van der Waals surface area contributed by atoms with Gasteiger partial charge in [-0.25, -0.2) is 4.79 Å². The Balaban J connectivity index is 1.63. The van der Waals surface area contributed by atoms with E-state index in [9.17, 15) is 9.59 Å². The van der Waals surface area contributed by atoms with E-state index >= 15 is 0 Å². The van der Waals surface area contributed by atoms with Crippen molar-refractivity contribution in [3.63, 3.8) is 0 Å². The first kappa shape index (κ1) is 18.0. The first-order valence-corrected chi connectivity index (χ1v) is 8.94. The number of benzene rings is 2. The van der Waals surface area contributed by atoms with E-state index < -0.39 is 0 Å². The Bertz CT molecular complexity index is 757. The second-order valence-corrected chi connectivity index (χ2v) is 6.78. The Hall–Kier alpha value is -2.82. The van der Waals surface area contributed by atoms with Gasteiger partial charge in [0.2, 0.25) is 0 Å². The number of hydrogen-bond acceptors (Lipinski definition) is 3. The van der Waals surface area contributed by atoms with Crippen LogP contribution in [0, 0.1) is 5.92 Å². The molecule has 1 atom stereocenters. The number of carbonyl (C=O) groups excluding carboxylic acids is 2. The van der Waals surface area contributed by atoms with Gasteiger partial charge in [0.15, 0.2) is 0 Å². The molecule has 1 fully saturated rings. The van der Waals surface area contributed by atoms with Gasteiger partial charge >= 0.3 is 6.09 Å². The molecule has 1 aliphatic rings. The molecule has 5 nitrogen and oxygen atoms in total. The van der Waals surface area contributed by atoms with Crippen molar-refractivity contribution in [2.75, 3.05) is 24.6 Å². The van der Waals surface area contributed by atoms with Crippen molar-refractivity contribution in [3.05, 3.63) is 65.7 Å². The van der Waals surface area contributed by atoms with Crippen LogP contribution in [0.5, 0.6) is 0 Å². The average molecular weight is 352 g/mol. The van der Waals surface area contributed by atoms with Crippen LogP contribution < -0.4 is 10.2 Å². The number of carbonyl (C=O) groups is 2. The molecule has 0 aromatic heterocycles. The van der Waals surface area contributed by atoms with Crippen molar-refractivity contribution >= 4 is 17.7 Å². The number of rotatable bonds is 6. The lowest BCUT2D eigenvalue weighted by atomic mass is 9.88. The van der Waals surface area contributed by atoms with E-state index in [1.54, 1.807) is 29.2 Å². The maximum absolute atomic E-state index is 12.5. The molecule has 2 aromatic carbocycles. The van der Waals surface area contributed by atoms with Crippen LogP contribution >= 0.6 is 0 Å². The van der Waals surface area contributed by atoms with Crippen molar-refractivity contribution in [1.82, 2.24) is 5.32 Å². The van der Waals surface area contributed by atoms with Gasteiger partial charge in [-0.05, 0) is 35.7 Å². The normalized spacial score (nSPS) is 15.0. The smallest absolute Gasteiger partial charge is 0.414 e. The zero-order valence-electron chi connectivity index (χ0n) is 15.1. The standard InChI is InChI=1S/C21H24N2O3/c1-15(2)19(16-6-4-3-5-7-16)14-22-20(24)17-8-10-18(11-9-17)23-12-13-26-21(23)25/h3-11,15,19H,12-14H2,1-2H3,(H,22,24). The van der Waals surface area contributed by atoms with Gasteiger partial charge in [-0.3, -0.25) is 9.69 Å². The Morgan fingerprint density at radius 2 is 1.81 bits per heavy atom. The van der Waals surface area contributed by atoms with Gasteiger partial charge < -0.3 is 10.1 Å². The summed E-state index contributed by atoms with van der Waals surface area (Å²) in [7, 11) is 0. The number of nitrogens with one attached hydrogen (secondary N) is 1. The number of nitrogens with zero attached hydrogens (tertiary/aromatic N) is 1. The maximum Gasteiger partial charge on any atom is 0.414 e. The van der Waals surface area contributed by atoms with Crippen LogP contribution in [0.1, 0.15) is 35.7 Å². The molecule has 3 rings (SSSR count). The highest BCUT2D eigenvalue weighted by Crippen LogP contribution is 2.24. The zero-order valence-corrected chi connectivity index (χ0v) is 15.1. The van der Waals surface area contributed by atoms with Gasteiger partial charge in [0, 0.05) is 23.7 Å². The summed E-state index contributed by atoms with van der Waals surface area (Å²) < 4.78 is 4.93. The summed E-state index contributed by atoms with van der Waals surface area (Å²) in [6.07, 6.45) is -0.343. The van der Waals surface area contributed by atoms with Gasteiger partial charge in [-0.1, -0.05) is 44.2 Å². The van der Waals surface area contributed by atoms with Crippen LogP contribution in [0.25, 0.3) is 0 Å². The fourth-order valence-electron chi connectivity index (χ4n) is 3.16. The molecule has 1 unspecified atom stereocenters. The molecular weight excluding hydrogens is 328 g/mol. The van der Waals surface area contributed by atoms with Crippen LogP contribution in [-0.2, 0) is 4.74 Å². The van der Waals surface area contributed by atoms with E-state index in [-0.39, 0.29) is 17.9 Å². The largest absolute Gasteiger partial charge is 0.447 e. The second-order valence-electron chi connectivity index (χ2n) is 6.78. The predicted molar refractivity (Wildman–Crippen MR) is 101 cm³/mol. The maximum atomic E-state index is 12.5. The predicted octanol–water partition coefficient (Wildman–Crippen LogP) is 3.81. The first-order chi connectivity index (χ1) is 12.6. The number of hydrogen-bond donors (Lipinski definition) is 1. The quantitative estimate of drug-likeness (QED) is 0.860. The number of anilines is 1. The highest BCUT2D eigenvalue weighted by atomic mass is 16.6. The lowest BCUT2D eigenvalue weighted by Gasteiger charge is -2.22. The van der Waals surface area contributed by atoms with Crippen LogP contribution in [0.3, 0.4) is 0 Å². The molecule has 1 heterocycles. The minimum Gasteiger partial charge on any atom is -0.447 e. The molecule has 0 spiro atoms. The van der Waals surface area contributed by atoms with E-state index in [1.165, 1.54) is 5.56 Å². The monoisotopic (exact) mass is 352 g/mol. The summed E-state index contributed by atoms with van der Waals surface area (Å²) in [5, 5.41) is 3.03. The Kier molecular flexibility index (Phi) is 5.56. The molecule has 136 valence electrons. The van der Waals surface area contributed by atoms with Gasteiger partial charge in [-0.2, -0.15) is 0 Å². The fourth-order valence-corrected chi connectivity index (χ4v) is 3.16. The third-order valence-electron chi connectivity index (χ3n) is 4.72. The van der Waals surface area contributed by atoms with Crippen molar-refractivity contribution in [2.45, 2.75) is 19.8 Å². The lowest BCUT2D eigenvalue weighted by molar-refractivity contribution is 0.0949. The Morgan fingerprint density at radius 1 is 1.12 bits per heavy atom. The number of ether oxygens (including phenoxy) is 1. The van der Waals surface area contributed by atoms with Crippen molar-refractivity contribution in [3.8, 4) is 0 Å². The van der Waals surface area contributed by atoms with E-state index in [2.05, 4.69) is 31.3 Å². The summed E-state index contributed by atoms with van der Waals surface area (Å²) in [6.45, 7) is 5.84. The summed E-state index contributed by atoms with van der Waals surface area (Å²) in [6, 6.07) is 17.3.